The molecule has 0 aromatic carbocycles. The van der Waals surface area contributed by atoms with Crippen LogP contribution in [-0.4, -0.2) is 11.2 Å². The van der Waals surface area contributed by atoms with Crippen LogP contribution >= 0.6 is 11.8 Å². The van der Waals surface area contributed by atoms with Crippen molar-refractivity contribution < 1.29 is 8.78 Å². The molecule has 0 saturated carbocycles. The fourth-order valence-corrected chi connectivity index (χ4v) is 1.02. The summed E-state index contributed by atoms with van der Waals surface area (Å²) in [4.78, 5) is 3.42. The molecule has 0 N–H and O–H groups in total. The summed E-state index contributed by atoms with van der Waals surface area (Å²) in [5, 5.41) is 0. The standard InChI is InChI=1S/C6H5F2NS/c1-10-4-2-3-9-6(8)5(4)7/h2-3H,1H3. The quantitative estimate of drug-likeness (QED) is 0.462. The van der Waals surface area contributed by atoms with Crippen LogP contribution in [-0.2, 0) is 0 Å². The minimum atomic E-state index is -1.04. The van der Waals surface area contributed by atoms with E-state index in [1.165, 1.54) is 12.3 Å². The normalized spacial score (nSPS) is 9.90. The Morgan fingerprint density at radius 1 is 1.50 bits per heavy atom. The summed E-state index contributed by atoms with van der Waals surface area (Å²) in [7, 11) is 0. The largest absolute Gasteiger partial charge is 0.250 e. The maximum Gasteiger partial charge on any atom is 0.250 e. The second-order valence-corrected chi connectivity index (χ2v) is 2.47. The summed E-state index contributed by atoms with van der Waals surface area (Å²) in [5.74, 6) is -1.90. The number of aromatic nitrogens is 1. The average Bonchev–Trinajstić information content (AvgIpc) is 1.95. The lowest BCUT2D eigenvalue weighted by molar-refractivity contribution is 0.463. The second-order valence-electron chi connectivity index (χ2n) is 1.62. The lowest BCUT2D eigenvalue weighted by Gasteiger charge is -1.96. The fourth-order valence-electron chi connectivity index (χ4n) is 0.560. The van der Waals surface area contributed by atoms with Crippen LogP contribution in [0.25, 0.3) is 0 Å². The molecule has 0 aliphatic rings. The van der Waals surface area contributed by atoms with Crippen LogP contribution in [0.2, 0.25) is 0 Å². The first kappa shape index (κ1) is 7.47. The highest BCUT2D eigenvalue weighted by atomic mass is 32.2. The summed E-state index contributed by atoms with van der Waals surface area (Å²) >= 11 is 1.15. The molecule has 0 bridgehead atoms. The van der Waals surface area contributed by atoms with Crippen molar-refractivity contribution in [3.05, 3.63) is 24.0 Å². The van der Waals surface area contributed by atoms with Crippen LogP contribution in [0.5, 0.6) is 0 Å². The highest BCUT2D eigenvalue weighted by molar-refractivity contribution is 7.98. The molecule has 0 radical (unpaired) electrons. The molecule has 0 atom stereocenters. The Hall–Kier alpha value is -0.640. The summed E-state index contributed by atoms with van der Waals surface area (Å²) < 4.78 is 24.8. The lowest BCUT2D eigenvalue weighted by atomic mass is 10.5. The molecule has 10 heavy (non-hydrogen) atoms. The lowest BCUT2D eigenvalue weighted by Crippen LogP contribution is -1.89. The molecule has 1 rings (SSSR count). The first-order valence-corrected chi connectivity index (χ1v) is 3.82. The maximum atomic E-state index is 12.5. The Morgan fingerprint density at radius 3 is 2.70 bits per heavy atom. The van der Waals surface area contributed by atoms with Crippen molar-refractivity contribution in [2.45, 2.75) is 4.90 Å². The van der Waals surface area contributed by atoms with Crippen molar-refractivity contribution in [3.63, 3.8) is 0 Å². The van der Waals surface area contributed by atoms with E-state index in [0.29, 0.717) is 0 Å². The van der Waals surface area contributed by atoms with Gasteiger partial charge in [-0.15, -0.1) is 11.8 Å². The zero-order valence-electron chi connectivity index (χ0n) is 5.27. The fraction of sp³-hybridized carbons (Fsp3) is 0.167. The third-order valence-electron chi connectivity index (χ3n) is 1.03. The first-order valence-electron chi connectivity index (χ1n) is 2.59. The van der Waals surface area contributed by atoms with E-state index in [1.54, 1.807) is 6.26 Å². The number of pyridine rings is 1. The van der Waals surface area contributed by atoms with Gasteiger partial charge in [0.15, 0.2) is 5.82 Å². The molecular formula is C6H5F2NS. The van der Waals surface area contributed by atoms with Gasteiger partial charge in [0.2, 0.25) is 5.95 Å². The van der Waals surface area contributed by atoms with E-state index in [1.807, 2.05) is 0 Å². The van der Waals surface area contributed by atoms with Gasteiger partial charge in [-0.2, -0.15) is 4.39 Å². The Balaban J connectivity index is 3.14. The van der Waals surface area contributed by atoms with Crippen LogP contribution in [0, 0.1) is 11.8 Å². The molecule has 0 unspecified atom stereocenters. The molecule has 1 aromatic heterocycles. The van der Waals surface area contributed by atoms with Crippen molar-refractivity contribution in [3.8, 4) is 0 Å². The molecule has 4 heteroatoms. The second kappa shape index (κ2) is 2.96. The summed E-state index contributed by atoms with van der Waals surface area (Å²) in [6.45, 7) is 0. The van der Waals surface area contributed by atoms with E-state index in [4.69, 9.17) is 0 Å². The number of thioether (sulfide) groups is 1. The first-order chi connectivity index (χ1) is 4.75. The SMILES string of the molecule is CSc1ccnc(F)c1F. The van der Waals surface area contributed by atoms with Gasteiger partial charge in [-0.3, -0.25) is 0 Å². The van der Waals surface area contributed by atoms with E-state index in [0.717, 1.165) is 11.8 Å². The van der Waals surface area contributed by atoms with Gasteiger partial charge in [0.1, 0.15) is 0 Å². The van der Waals surface area contributed by atoms with Gasteiger partial charge >= 0.3 is 0 Å². The number of rotatable bonds is 1. The predicted molar refractivity (Wildman–Crippen MR) is 35.9 cm³/mol. The smallest absolute Gasteiger partial charge is 0.226 e. The van der Waals surface area contributed by atoms with Gasteiger partial charge < -0.3 is 0 Å². The van der Waals surface area contributed by atoms with Gasteiger partial charge in [-0.25, -0.2) is 9.37 Å². The Morgan fingerprint density at radius 2 is 2.20 bits per heavy atom. The number of nitrogens with zero attached hydrogens (tertiary/aromatic N) is 1. The molecule has 1 aromatic rings. The summed E-state index contributed by atoms with van der Waals surface area (Å²) in [6, 6.07) is 1.43. The van der Waals surface area contributed by atoms with Crippen molar-refractivity contribution in [1.29, 1.82) is 0 Å². The van der Waals surface area contributed by atoms with Gasteiger partial charge in [0.25, 0.3) is 0 Å². The molecule has 0 aliphatic carbocycles. The number of hydrogen-bond acceptors (Lipinski definition) is 2. The van der Waals surface area contributed by atoms with E-state index in [9.17, 15) is 8.78 Å². The third-order valence-corrected chi connectivity index (χ3v) is 1.79. The Bertz CT molecular complexity index is 239. The topological polar surface area (TPSA) is 12.9 Å². The molecule has 1 heterocycles. The number of hydrogen-bond donors (Lipinski definition) is 0. The van der Waals surface area contributed by atoms with E-state index < -0.39 is 11.8 Å². The predicted octanol–water partition coefficient (Wildman–Crippen LogP) is 2.08. The van der Waals surface area contributed by atoms with Gasteiger partial charge in [-0.1, -0.05) is 0 Å². The average molecular weight is 161 g/mol. The highest BCUT2D eigenvalue weighted by Gasteiger charge is 2.06. The zero-order valence-corrected chi connectivity index (χ0v) is 6.08. The van der Waals surface area contributed by atoms with Crippen molar-refractivity contribution in [2.24, 2.45) is 0 Å². The molecule has 0 saturated heterocycles. The molecule has 54 valence electrons. The van der Waals surface area contributed by atoms with Gasteiger partial charge in [0.05, 0.1) is 0 Å². The molecular weight excluding hydrogens is 156 g/mol. The summed E-state index contributed by atoms with van der Waals surface area (Å²) in [6.07, 6.45) is 2.92. The highest BCUT2D eigenvalue weighted by Crippen LogP contribution is 2.18. The molecule has 0 fully saturated rings. The molecule has 0 aliphatic heterocycles. The van der Waals surface area contributed by atoms with Crippen LogP contribution in [0.1, 0.15) is 0 Å². The van der Waals surface area contributed by atoms with E-state index in [-0.39, 0.29) is 4.90 Å². The Labute approximate surface area is 61.5 Å². The van der Waals surface area contributed by atoms with E-state index >= 15 is 0 Å². The molecule has 1 nitrogen and oxygen atoms in total. The third kappa shape index (κ3) is 1.26. The zero-order chi connectivity index (χ0) is 7.56. The van der Waals surface area contributed by atoms with Crippen LogP contribution in [0.4, 0.5) is 8.78 Å². The van der Waals surface area contributed by atoms with Gasteiger partial charge in [-0.05, 0) is 12.3 Å². The Kier molecular flexibility index (Phi) is 2.21. The summed E-state index contributed by atoms with van der Waals surface area (Å²) in [5.41, 5.74) is 0. The van der Waals surface area contributed by atoms with Crippen LogP contribution < -0.4 is 0 Å². The van der Waals surface area contributed by atoms with E-state index in [2.05, 4.69) is 4.98 Å². The van der Waals surface area contributed by atoms with Crippen LogP contribution in [0.15, 0.2) is 17.2 Å². The number of halogens is 2. The van der Waals surface area contributed by atoms with Crippen molar-refractivity contribution in [1.82, 2.24) is 4.98 Å². The molecule has 0 spiro atoms. The minimum Gasteiger partial charge on any atom is -0.226 e. The van der Waals surface area contributed by atoms with Crippen molar-refractivity contribution >= 4 is 11.8 Å². The monoisotopic (exact) mass is 161 g/mol. The maximum absolute atomic E-state index is 12.5. The van der Waals surface area contributed by atoms with Gasteiger partial charge in [0, 0.05) is 11.1 Å². The van der Waals surface area contributed by atoms with Crippen LogP contribution in [0.3, 0.4) is 0 Å². The molecule has 0 amide bonds. The minimum absolute atomic E-state index is 0.285. The van der Waals surface area contributed by atoms with Crippen molar-refractivity contribution in [2.75, 3.05) is 6.26 Å².